The van der Waals surface area contributed by atoms with Crippen molar-refractivity contribution in [3.05, 3.63) is 28.5 Å². The van der Waals surface area contributed by atoms with Crippen LogP contribution in [0.1, 0.15) is 25.8 Å². The smallest absolute Gasteiger partial charge is 0.240 e. The molecule has 0 aliphatic heterocycles. The van der Waals surface area contributed by atoms with Crippen molar-refractivity contribution in [3.63, 3.8) is 0 Å². The van der Waals surface area contributed by atoms with Crippen LogP contribution in [0.4, 0.5) is 4.39 Å². The van der Waals surface area contributed by atoms with E-state index in [9.17, 15) is 12.8 Å². The van der Waals surface area contributed by atoms with Crippen molar-refractivity contribution in [2.24, 2.45) is 5.92 Å². The first kappa shape index (κ1) is 17.4. The molecule has 0 saturated heterocycles. The molecule has 20 heavy (non-hydrogen) atoms. The molecule has 1 aromatic rings. The zero-order valence-corrected chi connectivity index (χ0v) is 13.4. The van der Waals surface area contributed by atoms with Crippen molar-refractivity contribution < 1.29 is 12.8 Å². The van der Waals surface area contributed by atoms with E-state index >= 15 is 0 Å². The summed E-state index contributed by atoms with van der Waals surface area (Å²) in [5, 5.41) is 2.77. The lowest BCUT2D eigenvalue weighted by Crippen LogP contribution is -2.28. The van der Waals surface area contributed by atoms with E-state index in [0.29, 0.717) is 18.7 Å². The third kappa shape index (κ3) is 4.41. The molecule has 0 spiro atoms. The Morgan fingerprint density at radius 2 is 2.05 bits per heavy atom. The maximum absolute atomic E-state index is 13.7. The molecule has 0 bridgehead atoms. The highest BCUT2D eigenvalue weighted by Crippen LogP contribution is 2.24. The summed E-state index contributed by atoms with van der Waals surface area (Å²) in [6.07, 6.45) is 0.864. The summed E-state index contributed by atoms with van der Waals surface area (Å²) in [7, 11) is -2.04. The van der Waals surface area contributed by atoms with E-state index in [1.54, 1.807) is 7.05 Å². The zero-order chi connectivity index (χ0) is 15.3. The fourth-order valence-corrected chi connectivity index (χ4v) is 2.97. The molecule has 114 valence electrons. The van der Waals surface area contributed by atoms with Crippen LogP contribution < -0.4 is 10.0 Å². The zero-order valence-electron chi connectivity index (χ0n) is 11.8. The Balaban J connectivity index is 3.06. The molecule has 1 rings (SSSR count). The van der Waals surface area contributed by atoms with Crippen LogP contribution in [0.3, 0.4) is 0 Å². The number of sulfonamides is 1. The number of rotatable bonds is 7. The van der Waals surface area contributed by atoms with Crippen LogP contribution in [0.5, 0.6) is 0 Å². The topological polar surface area (TPSA) is 58.2 Å². The summed E-state index contributed by atoms with van der Waals surface area (Å²) in [5.74, 6) is -0.512. The van der Waals surface area contributed by atoms with Gasteiger partial charge in [-0.05, 0) is 30.7 Å². The van der Waals surface area contributed by atoms with E-state index in [2.05, 4.69) is 10.0 Å². The van der Waals surface area contributed by atoms with Gasteiger partial charge in [-0.15, -0.1) is 0 Å². The van der Waals surface area contributed by atoms with Gasteiger partial charge < -0.3 is 5.32 Å². The first-order chi connectivity index (χ1) is 9.31. The van der Waals surface area contributed by atoms with E-state index < -0.39 is 15.8 Å². The minimum atomic E-state index is -3.72. The number of benzene rings is 1. The SMILES string of the molecule is CCC(C)CNS(=O)(=O)c1cc(F)c(Cl)c(CNC)c1. The van der Waals surface area contributed by atoms with Crippen molar-refractivity contribution in [1.29, 1.82) is 0 Å². The highest BCUT2D eigenvalue weighted by Gasteiger charge is 2.19. The number of hydrogen-bond acceptors (Lipinski definition) is 3. The van der Waals surface area contributed by atoms with Gasteiger partial charge in [-0.1, -0.05) is 31.9 Å². The fraction of sp³-hybridized carbons (Fsp3) is 0.538. The molecule has 0 amide bonds. The third-order valence-electron chi connectivity index (χ3n) is 3.07. The van der Waals surface area contributed by atoms with Crippen molar-refractivity contribution in [3.8, 4) is 0 Å². The van der Waals surface area contributed by atoms with Crippen LogP contribution in [-0.2, 0) is 16.6 Å². The maximum atomic E-state index is 13.7. The largest absolute Gasteiger partial charge is 0.316 e. The first-order valence-corrected chi connectivity index (χ1v) is 8.30. The minimum absolute atomic E-state index is 0.0553. The van der Waals surface area contributed by atoms with Crippen LogP contribution >= 0.6 is 11.6 Å². The van der Waals surface area contributed by atoms with Gasteiger partial charge in [-0.3, -0.25) is 0 Å². The Morgan fingerprint density at radius 1 is 1.40 bits per heavy atom. The Hall–Kier alpha value is -0.690. The molecule has 0 fully saturated rings. The Labute approximate surface area is 124 Å². The van der Waals surface area contributed by atoms with Gasteiger partial charge in [-0.2, -0.15) is 0 Å². The third-order valence-corrected chi connectivity index (χ3v) is 4.90. The Bertz CT molecular complexity index is 564. The summed E-state index contributed by atoms with van der Waals surface area (Å²) in [4.78, 5) is -0.104. The van der Waals surface area contributed by atoms with E-state index in [4.69, 9.17) is 11.6 Å². The predicted molar refractivity (Wildman–Crippen MR) is 78.8 cm³/mol. The van der Waals surface area contributed by atoms with Gasteiger partial charge in [0.1, 0.15) is 5.82 Å². The van der Waals surface area contributed by atoms with Crippen molar-refractivity contribution >= 4 is 21.6 Å². The number of halogens is 2. The lowest BCUT2D eigenvalue weighted by molar-refractivity contribution is 0.527. The number of hydrogen-bond donors (Lipinski definition) is 2. The molecule has 2 N–H and O–H groups in total. The molecule has 0 aliphatic carbocycles. The van der Waals surface area contributed by atoms with Gasteiger partial charge in [0, 0.05) is 13.1 Å². The monoisotopic (exact) mass is 322 g/mol. The quantitative estimate of drug-likeness (QED) is 0.811. The second kappa shape index (κ2) is 7.36. The van der Waals surface area contributed by atoms with Crippen LogP contribution in [0.15, 0.2) is 17.0 Å². The van der Waals surface area contributed by atoms with Crippen molar-refractivity contribution in [2.45, 2.75) is 31.7 Å². The molecule has 1 unspecified atom stereocenters. The minimum Gasteiger partial charge on any atom is -0.316 e. The van der Waals surface area contributed by atoms with E-state index in [1.807, 2.05) is 13.8 Å². The lowest BCUT2D eigenvalue weighted by Gasteiger charge is -2.13. The van der Waals surface area contributed by atoms with E-state index in [1.165, 1.54) is 6.07 Å². The van der Waals surface area contributed by atoms with E-state index in [0.717, 1.165) is 12.5 Å². The second-order valence-electron chi connectivity index (χ2n) is 4.77. The average molecular weight is 323 g/mol. The molecular weight excluding hydrogens is 303 g/mol. The summed E-state index contributed by atoms with van der Waals surface area (Å²) in [6.45, 7) is 4.54. The molecule has 0 saturated carbocycles. The molecule has 0 aromatic heterocycles. The van der Waals surface area contributed by atoms with Crippen LogP contribution in [0.2, 0.25) is 5.02 Å². The lowest BCUT2D eigenvalue weighted by atomic mass is 10.1. The highest BCUT2D eigenvalue weighted by molar-refractivity contribution is 7.89. The van der Waals surface area contributed by atoms with Crippen LogP contribution in [0.25, 0.3) is 0 Å². The standard InChI is InChI=1S/C13H20ClFN2O2S/c1-4-9(2)7-17-20(18,19)11-5-10(8-16-3)13(14)12(15)6-11/h5-6,9,16-17H,4,7-8H2,1-3H3. The Morgan fingerprint density at radius 3 is 2.60 bits per heavy atom. The van der Waals surface area contributed by atoms with Gasteiger partial charge in [0.15, 0.2) is 0 Å². The maximum Gasteiger partial charge on any atom is 0.240 e. The summed E-state index contributed by atoms with van der Waals surface area (Å²) in [5.41, 5.74) is 0.415. The average Bonchev–Trinajstić information content (AvgIpc) is 2.41. The molecule has 7 heteroatoms. The van der Waals surface area contributed by atoms with Gasteiger partial charge in [0.25, 0.3) is 0 Å². The number of nitrogens with one attached hydrogen (secondary N) is 2. The Kier molecular flexibility index (Phi) is 6.39. The van der Waals surface area contributed by atoms with Crippen molar-refractivity contribution in [2.75, 3.05) is 13.6 Å². The van der Waals surface area contributed by atoms with Gasteiger partial charge >= 0.3 is 0 Å². The molecule has 0 heterocycles. The fourth-order valence-electron chi connectivity index (χ4n) is 1.57. The van der Waals surface area contributed by atoms with Gasteiger partial charge in [0.2, 0.25) is 10.0 Å². The summed E-state index contributed by atoms with van der Waals surface area (Å²) in [6, 6.07) is 2.33. The second-order valence-corrected chi connectivity index (χ2v) is 6.92. The molecule has 4 nitrogen and oxygen atoms in total. The summed E-state index contributed by atoms with van der Waals surface area (Å²) < 4.78 is 40.5. The van der Waals surface area contributed by atoms with Crippen LogP contribution in [0, 0.1) is 11.7 Å². The summed E-state index contributed by atoms with van der Waals surface area (Å²) >= 11 is 5.81. The molecule has 1 aromatic carbocycles. The van der Waals surface area contributed by atoms with Crippen molar-refractivity contribution in [1.82, 2.24) is 10.0 Å². The highest BCUT2D eigenvalue weighted by atomic mass is 35.5. The predicted octanol–water partition coefficient (Wildman–Crippen LogP) is 2.52. The van der Waals surface area contributed by atoms with Gasteiger partial charge in [-0.25, -0.2) is 17.5 Å². The normalized spacial score (nSPS) is 13.4. The van der Waals surface area contributed by atoms with E-state index in [-0.39, 0.29) is 15.8 Å². The molecule has 0 radical (unpaired) electrons. The van der Waals surface area contributed by atoms with Gasteiger partial charge in [0.05, 0.1) is 9.92 Å². The molecule has 0 aliphatic rings. The van der Waals surface area contributed by atoms with Crippen LogP contribution in [-0.4, -0.2) is 22.0 Å². The molecule has 1 atom stereocenters. The molecular formula is C13H20ClFN2O2S. The first-order valence-electron chi connectivity index (χ1n) is 6.44.